The Labute approximate surface area is 188 Å². The van der Waals surface area contributed by atoms with E-state index in [-0.39, 0.29) is 17.5 Å². The van der Waals surface area contributed by atoms with E-state index in [1.807, 2.05) is 43.3 Å². The number of aromatic nitrogens is 1. The average Bonchev–Trinajstić information content (AvgIpc) is 3.13. The molecular weight excluding hydrogens is 400 g/mol. The summed E-state index contributed by atoms with van der Waals surface area (Å²) in [6.07, 6.45) is 2.24. The molecule has 2 aromatic carbocycles. The maximum absolute atomic E-state index is 13.0. The molecule has 32 heavy (non-hydrogen) atoms. The summed E-state index contributed by atoms with van der Waals surface area (Å²) in [4.78, 5) is 21.3. The van der Waals surface area contributed by atoms with Crippen molar-refractivity contribution in [2.75, 3.05) is 13.7 Å². The van der Waals surface area contributed by atoms with Gasteiger partial charge in [-0.2, -0.15) is 0 Å². The molecule has 0 spiro atoms. The van der Waals surface area contributed by atoms with Crippen LogP contribution in [0.3, 0.4) is 0 Å². The minimum Gasteiger partial charge on any atom is -0.512 e. The molecule has 1 atom stereocenters. The third-order valence-electron chi connectivity index (χ3n) is 6.32. The standard InChI is InChI=1S/C27H30N2O3/c1-4-25(30)27-24(14-19(15-26(27)31)18-8-6-5-7-9-18)28-13-12-21-17(2)29-23-11-10-20(32-3)16-22(21)23/h5-11,16,19,29-30H,4,12-15H2,1-3H3. The first-order chi connectivity index (χ1) is 15.5. The van der Waals surface area contributed by atoms with Gasteiger partial charge in [-0.3, -0.25) is 9.79 Å². The number of nitrogens with one attached hydrogen (secondary N) is 1. The van der Waals surface area contributed by atoms with E-state index >= 15 is 0 Å². The second kappa shape index (κ2) is 9.43. The minimum absolute atomic E-state index is 0.0174. The van der Waals surface area contributed by atoms with Crippen molar-refractivity contribution in [3.05, 3.63) is 76.7 Å². The second-order valence-corrected chi connectivity index (χ2v) is 8.33. The van der Waals surface area contributed by atoms with Crippen LogP contribution in [0.15, 0.2) is 64.9 Å². The molecule has 1 unspecified atom stereocenters. The summed E-state index contributed by atoms with van der Waals surface area (Å²) in [6.45, 7) is 4.48. The number of ketones is 1. The molecule has 1 saturated carbocycles. The Hall–Kier alpha value is -3.34. The smallest absolute Gasteiger partial charge is 0.168 e. The quantitative estimate of drug-likeness (QED) is 0.381. The largest absolute Gasteiger partial charge is 0.512 e. The summed E-state index contributed by atoms with van der Waals surface area (Å²) in [5.74, 6) is 1.05. The zero-order chi connectivity index (χ0) is 22.7. The Bertz CT molecular complexity index is 1190. The first kappa shape index (κ1) is 21.9. The summed E-state index contributed by atoms with van der Waals surface area (Å²) in [5, 5.41) is 11.6. The maximum Gasteiger partial charge on any atom is 0.168 e. The molecule has 1 aliphatic carbocycles. The second-order valence-electron chi connectivity index (χ2n) is 8.33. The van der Waals surface area contributed by atoms with E-state index in [2.05, 4.69) is 24.0 Å². The fourth-order valence-electron chi connectivity index (χ4n) is 4.62. The first-order valence-electron chi connectivity index (χ1n) is 11.2. The van der Waals surface area contributed by atoms with Crippen molar-refractivity contribution in [1.29, 1.82) is 0 Å². The van der Waals surface area contributed by atoms with E-state index in [0.717, 1.165) is 40.0 Å². The topological polar surface area (TPSA) is 74.7 Å². The van der Waals surface area contributed by atoms with Gasteiger partial charge in [0.1, 0.15) is 11.5 Å². The Balaban J connectivity index is 1.62. The van der Waals surface area contributed by atoms with Gasteiger partial charge in [0.15, 0.2) is 5.78 Å². The van der Waals surface area contributed by atoms with E-state index in [9.17, 15) is 9.90 Å². The predicted molar refractivity (Wildman–Crippen MR) is 129 cm³/mol. The van der Waals surface area contributed by atoms with Crippen LogP contribution in [-0.2, 0) is 11.2 Å². The molecule has 0 bridgehead atoms. The summed E-state index contributed by atoms with van der Waals surface area (Å²) >= 11 is 0. The Kier molecular flexibility index (Phi) is 6.45. The Morgan fingerprint density at radius 1 is 1.19 bits per heavy atom. The summed E-state index contributed by atoms with van der Waals surface area (Å²) in [5.41, 5.74) is 5.69. The number of aliphatic hydroxyl groups excluding tert-OH is 1. The van der Waals surface area contributed by atoms with Gasteiger partial charge in [0, 0.05) is 41.7 Å². The number of benzene rings is 2. The number of H-pyrrole nitrogens is 1. The first-order valence-corrected chi connectivity index (χ1v) is 11.2. The van der Waals surface area contributed by atoms with Crippen molar-refractivity contribution in [3.8, 4) is 5.75 Å². The van der Waals surface area contributed by atoms with Crippen molar-refractivity contribution in [1.82, 2.24) is 4.98 Å². The number of Topliss-reactive ketones (excluding diaryl/α,β-unsaturated/α-hetero) is 1. The highest BCUT2D eigenvalue weighted by molar-refractivity contribution is 6.24. The molecule has 0 amide bonds. The summed E-state index contributed by atoms with van der Waals surface area (Å²) < 4.78 is 5.39. The van der Waals surface area contributed by atoms with Crippen LogP contribution in [0.1, 0.15) is 48.9 Å². The van der Waals surface area contributed by atoms with Crippen LogP contribution in [0.2, 0.25) is 0 Å². The zero-order valence-electron chi connectivity index (χ0n) is 18.9. The predicted octanol–water partition coefficient (Wildman–Crippen LogP) is 5.84. The molecule has 1 aliphatic rings. The van der Waals surface area contributed by atoms with Crippen LogP contribution < -0.4 is 4.74 Å². The molecule has 5 heteroatoms. The minimum atomic E-state index is -0.0174. The zero-order valence-corrected chi connectivity index (χ0v) is 18.9. The van der Waals surface area contributed by atoms with Crippen molar-refractivity contribution in [3.63, 3.8) is 0 Å². The molecule has 2 N–H and O–H groups in total. The fourth-order valence-corrected chi connectivity index (χ4v) is 4.62. The molecule has 1 heterocycles. The summed E-state index contributed by atoms with van der Waals surface area (Å²) in [6, 6.07) is 16.1. The molecule has 5 nitrogen and oxygen atoms in total. The van der Waals surface area contributed by atoms with E-state index in [1.54, 1.807) is 7.11 Å². The molecule has 166 valence electrons. The fraction of sp³-hybridized carbons (Fsp3) is 0.333. The molecule has 4 rings (SSSR count). The molecule has 1 aromatic heterocycles. The van der Waals surface area contributed by atoms with Gasteiger partial charge < -0.3 is 14.8 Å². The number of hydrogen-bond donors (Lipinski definition) is 2. The highest BCUT2D eigenvalue weighted by atomic mass is 16.5. The number of aryl methyl sites for hydroxylation is 1. The lowest BCUT2D eigenvalue weighted by Crippen LogP contribution is -2.27. The Morgan fingerprint density at radius 3 is 2.69 bits per heavy atom. The lowest BCUT2D eigenvalue weighted by atomic mass is 9.79. The monoisotopic (exact) mass is 430 g/mol. The van der Waals surface area contributed by atoms with Crippen molar-refractivity contribution in [2.45, 2.75) is 45.4 Å². The van der Waals surface area contributed by atoms with Crippen LogP contribution in [0.5, 0.6) is 5.75 Å². The van der Waals surface area contributed by atoms with Gasteiger partial charge in [-0.15, -0.1) is 0 Å². The van der Waals surface area contributed by atoms with E-state index in [0.29, 0.717) is 31.4 Å². The highest BCUT2D eigenvalue weighted by Gasteiger charge is 2.31. The van der Waals surface area contributed by atoms with E-state index in [4.69, 9.17) is 9.73 Å². The number of allylic oxidation sites excluding steroid dienone is 2. The number of aliphatic hydroxyl groups is 1. The van der Waals surface area contributed by atoms with Gasteiger partial charge in [-0.05, 0) is 55.0 Å². The van der Waals surface area contributed by atoms with Crippen LogP contribution in [0.4, 0.5) is 0 Å². The van der Waals surface area contributed by atoms with Gasteiger partial charge in [-0.25, -0.2) is 0 Å². The average molecular weight is 431 g/mol. The summed E-state index contributed by atoms with van der Waals surface area (Å²) in [7, 11) is 1.67. The third-order valence-corrected chi connectivity index (χ3v) is 6.32. The molecule has 3 aromatic rings. The van der Waals surface area contributed by atoms with Gasteiger partial charge in [0.05, 0.1) is 12.7 Å². The molecular formula is C27H30N2O3. The van der Waals surface area contributed by atoms with E-state index < -0.39 is 0 Å². The van der Waals surface area contributed by atoms with Gasteiger partial charge in [0.25, 0.3) is 0 Å². The van der Waals surface area contributed by atoms with Crippen LogP contribution in [0.25, 0.3) is 10.9 Å². The van der Waals surface area contributed by atoms with Crippen molar-refractivity contribution >= 4 is 22.4 Å². The lowest BCUT2D eigenvalue weighted by Gasteiger charge is -2.26. The van der Waals surface area contributed by atoms with Crippen LogP contribution in [-0.4, -0.2) is 35.2 Å². The molecule has 0 saturated heterocycles. The highest BCUT2D eigenvalue weighted by Crippen LogP contribution is 2.34. The SMILES string of the molecule is CCC(O)=C1C(=O)CC(c2ccccc2)CC1=NCCc1c(C)[nH]c2ccc(OC)cc12. The van der Waals surface area contributed by atoms with Gasteiger partial charge in [0.2, 0.25) is 0 Å². The number of carbonyl (C=O) groups excluding carboxylic acids is 1. The van der Waals surface area contributed by atoms with E-state index in [1.165, 1.54) is 5.56 Å². The van der Waals surface area contributed by atoms with Crippen molar-refractivity contribution in [2.24, 2.45) is 4.99 Å². The molecule has 0 radical (unpaired) electrons. The normalized spacial score (nSPS) is 19.5. The number of aromatic amines is 1. The number of hydrogen-bond acceptors (Lipinski definition) is 4. The number of ether oxygens (including phenoxy) is 1. The van der Waals surface area contributed by atoms with Crippen LogP contribution >= 0.6 is 0 Å². The van der Waals surface area contributed by atoms with Crippen molar-refractivity contribution < 1.29 is 14.6 Å². The molecule has 0 aliphatic heterocycles. The maximum atomic E-state index is 13.0. The number of methoxy groups -OCH3 is 1. The number of nitrogens with zero attached hydrogens (tertiary/aromatic N) is 1. The van der Waals surface area contributed by atoms with Crippen LogP contribution in [0, 0.1) is 6.92 Å². The number of rotatable bonds is 6. The number of fused-ring (bicyclic) bond motifs is 1. The van der Waals surface area contributed by atoms with Gasteiger partial charge >= 0.3 is 0 Å². The molecule has 1 fully saturated rings. The number of carbonyl (C=O) groups is 1. The Morgan fingerprint density at radius 2 is 1.97 bits per heavy atom. The van der Waals surface area contributed by atoms with Gasteiger partial charge in [-0.1, -0.05) is 37.3 Å². The third kappa shape index (κ3) is 4.33. The lowest BCUT2D eigenvalue weighted by molar-refractivity contribution is -0.115. The number of aliphatic imine (C=N–C) groups is 1.